The van der Waals surface area contributed by atoms with Crippen molar-refractivity contribution < 1.29 is 22.3 Å². The third-order valence-corrected chi connectivity index (χ3v) is 4.91. The molecule has 0 aliphatic carbocycles. The Morgan fingerprint density at radius 2 is 2.09 bits per heavy atom. The second-order valence-corrected chi connectivity index (χ2v) is 7.31. The van der Waals surface area contributed by atoms with Gasteiger partial charge in [0, 0.05) is 19.8 Å². The highest BCUT2D eigenvalue weighted by atomic mass is 32.2. The Morgan fingerprint density at radius 3 is 2.77 bits per heavy atom. The molecule has 1 aliphatic rings. The quantitative estimate of drug-likeness (QED) is 0.791. The van der Waals surface area contributed by atoms with Gasteiger partial charge in [0.05, 0.1) is 5.75 Å². The Kier molecular flexibility index (Phi) is 6.60. The lowest BCUT2D eigenvalue weighted by molar-refractivity contribution is 0.0523. The van der Waals surface area contributed by atoms with Crippen LogP contribution in [0.4, 0.5) is 4.39 Å². The van der Waals surface area contributed by atoms with Crippen molar-refractivity contribution in [2.45, 2.75) is 19.3 Å². The Bertz CT molecular complexity index is 541. The zero-order chi connectivity index (χ0) is 15.8. The van der Waals surface area contributed by atoms with E-state index in [4.69, 9.17) is 9.47 Å². The first kappa shape index (κ1) is 17.2. The molecule has 1 unspecified atom stereocenters. The van der Waals surface area contributed by atoms with E-state index in [1.165, 1.54) is 24.3 Å². The lowest BCUT2D eigenvalue weighted by Crippen LogP contribution is -2.31. The lowest BCUT2D eigenvalue weighted by atomic mass is 9.99. The maximum Gasteiger partial charge on any atom is 0.214 e. The summed E-state index contributed by atoms with van der Waals surface area (Å²) in [5.74, 6) is 0.419. The second-order valence-electron chi connectivity index (χ2n) is 5.39. The number of nitrogens with one attached hydrogen (secondary N) is 1. The molecule has 1 heterocycles. The van der Waals surface area contributed by atoms with Gasteiger partial charge in [0.25, 0.3) is 0 Å². The van der Waals surface area contributed by atoms with E-state index in [2.05, 4.69) is 4.72 Å². The van der Waals surface area contributed by atoms with Gasteiger partial charge < -0.3 is 9.47 Å². The van der Waals surface area contributed by atoms with Crippen molar-refractivity contribution in [1.29, 1.82) is 0 Å². The number of ether oxygens (including phenoxy) is 2. The predicted octanol–water partition coefficient (Wildman–Crippen LogP) is 1.94. The average molecular weight is 331 g/mol. The van der Waals surface area contributed by atoms with Gasteiger partial charge in [-0.25, -0.2) is 17.5 Å². The highest BCUT2D eigenvalue weighted by Crippen LogP contribution is 2.16. The monoisotopic (exact) mass is 331 g/mol. The molecule has 0 bridgehead atoms. The van der Waals surface area contributed by atoms with Crippen molar-refractivity contribution in [3.05, 3.63) is 30.1 Å². The van der Waals surface area contributed by atoms with Crippen LogP contribution in [0.2, 0.25) is 0 Å². The van der Waals surface area contributed by atoms with Crippen LogP contribution in [0.1, 0.15) is 19.3 Å². The van der Waals surface area contributed by atoms with Gasteiger partial charge in [-0.15, -0.1) is 0 Å². The summed E-state index contributed by atoms with van der Waals surface area (Å²) < 4.78 is 49.6. The topological polar surface area (TPSA) is 64.6 Å². The first-order chi connectivity index (χ1) is 10.6. The highest BCUT2D eigenvalue weighted by Gasteiger charge is 2.15. The van der Waals surface area contributed by atoms with Gasteiger partial charge >= 0.3 is 0 Å². The second kappa shape index (κ2) is 8.45. The molecule has 1 aliphatic heterocycles. The number of hydrogen-bond donors (Lipinski definition) is 1. The van der Waals surface area contributed by atoms with Gasteiger partial charge in [-0.2, -0.15) is 0 Å². The molecule has 2 rings (SSSR count). The van der Waals surface area contributed by atoms with E-state index in [9.17, 15) is 12.8 Å². The molecule has 1 fully saturated rings. The molecule has 1 aromatic carbocycles. The third-order valence-electron chi connectivity index (χ3n) is 3.56. The zero-order valence-electron chi connectivity index (χ0n) is 12.5. The van der Waals surface area contributed by atoms with Crippen molar-refractivity contribution >= 4 is 10.0 Å². The Labute approximate surface area is 130 Å². The fraction of sp³-hybridized carbons (Fsp3) is 0.600. The van der Waals surface area contributed by atoms with E-state index in [1.807, 2.05) is 0 Å². The number of halogens is 1. The average Bonchev–Trinajstić information content (AvgIpc) is 2.50. The van der Waals surface area contributed by atoms with E-state index in [1.54, 1.807) is 0 Å². The summed E-state index contributed by atoms with van der Waals surface area (Å²) in [7, 11) is -3.35. The first-order valence-corrected chi connectivity index (χ1v) is 9.14. The van der Waals surface area contributed by atoms with Gasteiger partial charge in [0.15, 0.2) is 0 Å². The summed E-state index contributed by atoms with van der Waals surface area (Å²) >= 11 is 0. The fourth-order valence-electron chi connectivity index (χ4n) is 2.33. The Hall–Kier alpha value is -1.18. The molecule has 1 N–H and O–H groups in total. The fourth-order valence-corrected chi connectivity index (χ4v) is 3.20. The first-order valence-electron chi connectivity index (χ1n) is 7.48. The molecular formula is C15H22FNO4S. The van der Waals surface area contributed by atoms with Crippen molar-refractivity contribution in [1.82, 2.24) is 4.72 Å². The summed E-state index contributed by atoms with van der Waals surface area (Å²) in [5, 5.41) is 0. The number of hydrogen-bond acceptors (Lipinski definition) is 4. The lowest BCUT2D eigenvalue weighted by Gasteiger charge is -2.21. The van der Waals surface area contributed by atoms with E-state index >= 15 is 0 Å². The minimum Gasteiger partial charge on any atom is -0.492 e. The molecule has 1 atom stereocenters. The van der Waals surface area contributed by atoms with E-state index in [0.717, 1.165) is 32.5 Å². The summed E-state index contributed by atoms with van der Waals surface area (Å²) in [6.45, 7) is 1.98. The van der Waals surface area contributed by atoms with E-state index in [-0.39, 0.29) is 18.2 Å². The van der Waals surface area contributed by atoms with Crippen molar-refractivity contribution in [2.75, 3.05) is 32.1 Å². The van der Waals surface area contributed by atoms with E-state index < -0.39 is 10.0 Å². The minimum atomic E-state index is -3.35. The van der Waals surface area contributed by atoms with Crippen LogP contribution in [0.25, 0.3) is 0 Å². The molecule has 1 saturated heterocycles. The van der Waals surface area contributed by atoms with Gasteiger partial charge in [-0.3, -0.25) is 0 Å². The smallest absolute Gasteiger partial charge is 0.214 e. The highest BCUT2D eigenvalue weighted by molar-refractivity contribution is 7.89. The van der Waals surface area contributed by atoms with Crippen molar-refractivity contribution in [3.63, 3.8) is 0 Å². The van der Waals surface area contributed by atoms with Gasteiger partial charge in [-0.05, 0) is 49.4 Å². The van der Waals surface area contributed by atoms with Crippen LogP contribution in [0, 0.1) is 11.7 Å². The third kappa shape index (κ3) is 6.29. The van der Waals surface area contributed by atoms with E-state index in [0.29, 0.717) is 18.2 Å². The zero-order valence-corrected chi connectivity index (χ0v) is 13.3. The van der Waals surface area contributed by atoms with Crippen LogP contribution in [0.15, 0.2) is 24.3 Å². The molecule has 124 valence electrons. The molecule has 0 spiro atoms. The van der Waals surface area contributed by atoms with Gasteiger partial charge in [0.2, 0.25) is 10.0 Å². The van der Waals surface area contributed by atoms with Crippen LogP contribution < -0.4 is 9.46 Å². The summed E-state index contributed by atoms with van der Waals surface area (Å²) in [6.07, 6.45) is 2.93. The van der Waals surface area contributed by atoms with Gasteiger partial charge in [-0.1, -0.05) is 0 Å². The van der Waals surface area contributed by atoms with Crippen LogP contribution in [0.3, 0.4) is 0 Å². The SMILES string of the molecule is O=S(=O)(CCOc1ccc(F)cc1)NCCC1CCCOC1. The number of sulfonamides is 1. The van der Waals surface area contributed by atoms with Crippen LogP contribution in [-0.2, 0) is 14.8 Å². The van der Waals surface area contributed by atoms with Crippen molar-refractivity contribution in [3.8, 4) is 5.75 Å². The molecule has 7 heteroatoms. The normalized spacial score (nSPS) is 19.0. The van der Waals surface area contributed by atoms with Crippen LogP contribution in [-0.4, -0.2) is 40.5 Å². The largest absolute Gasteiger partial charge is 0.492 e. The molecule has 5 nitrogen and oxygen atoms in total. The van der Waals surface area contributed by atoms with Crippen molar-refractivity contribution in [2.24, 2.45) is 5.92 Å². The Balaban J connectivity index is 1.64. The summed E-state index contributed by atoms with van der Waals surface area (Å²) in [4.78, 5) is 0. The molecule has 0 aromatic heterocycles. The predicted molar refractivity (Wildman–Crippen MR) is 81.8 cm³/mol. The van der Waals surface area contributed by atoms with Crippen LogP contribution >= 0.6 is 0 Å². The minimum absolute atomic E-state index is 0.0352. The van der Waals surface area contributed by atoms with Crippen LogP contribution in [0.5, 0.6) is 5.75 Å². The molecular weight excluding hydrogens is 309 g/mol. The maximum atomic E-state index is 12.7. The molecule has 22 heavy (non-hydrogen) atoms. The molecule has 0 amide bonds. The molecule has 1 aromatic rings. The molecule has 0 saturated carbocycles. The summed E-state index contributed by atoms with van der Waals surface area (Å²) in [6, 6.07) is 5.49. The molecule has 0 radical (unpaired) electrons. The van der Waals surface area contributed by atoms with Gasteiger partial charge in [0.1, 0.15) is 18.2 Å². The number of benzene rings is 1. The number of rotatable bonds is 8. The Morgan fingerprint density at radius 1 is 1.32 bits per heavy atom. The summed E-state index contributed by atoms with van der Waals surface area (Å²) in [5.41, 5.74) is 0. The maximum absolute atomic E-state index is 12.7. The standard InChI is InChI=1S/C15H22FNO4S/c16-14-3-5-15(6-4-14)21-10-11-22(18,19)17-8-7-13-2-1-9-20-12-13/h3-6,13,17H,1-2,7-12H2.